The zero-order valence-corrected chi connectivity index (χ0v) is 21.4. The van der Waals surface area contributed by atoms with Gasteiger partial charge in [-0.2, -0.15) is 0 Å². The molecule has 2 aromatic heterocycles. The number of halogens is 1. The molecule has 1 saturated carbocycles. The molecule has 180 valence electrons. The molecule has 0 N–H and O–H groups in total. The largest absolute Gasteiger partial charge is 0.464 e. The molecule has 6 heteroatoms. The molecule has 1 atom stereocenters. The Kier molecular flexibility index (Phi) is 5.24. The summed E-state index contributed by atoms with van der Waals surface area (Å²) in [5.74, 6) is 2.06. The lowest BCUT2D eigenvalue weighted by Gasteiger charge is -2.18. The highest BCUT2D eigenvalue weighted by Gasteiger charge is 2.36. The monoisotopic (exact) mass is 539 g/mol. The lowest BCUT2D eigenvalue weighted by Crippen LogP contribution is -2.30. The second kappa shape index (κ2) is 8.63. The number of likely N-dealkylation sites (tertiary alicyclic amines) is 1. The van der Waals surface area contributed by atoms with Gasteiger partial charge in [-0.1, -0.05) is 46.3 Å². The molecule has 0 bridgehead atoms. The first-order valence-corrected chi connectivity index (χ1v) is 13.4. The molecule has 3 heterocycles. The van der Waals surface area contributed by atoms with Crippen LogP contribution in [-0.4, -0.2) is 33.4 Å². The van der Waals surface area contributed by atoms with Gasteiger partial charge in [-0.15, -0.1) is 0 Å². The van der Waals surface area contributed by atoms with Crippen molar-refractivity contribution in [1.82, 2.24) is 14.5 Å². The van der Waals surface area contributed by atoms with Gasteiger partial charge in [-0.05, 0) is 72.7 Å². The fourth-order valence-corrected chi connectivity index (χ4v) is 5.84. The van der Waals surface area contributed by atoms with Crippen LogP contribution in [0.1, 0.15) is 19.3 Å². The van der Waals surface area contributed by atoms with Crippen LogP contribution < -0.4 is 0 Å². The van der Waals surface area contributed by atoms with Crippen LogP contribution in [0.3, 0.4) is 0 Å². The summed E-state index contributed by atoms with van der Waals surface area (Å²) in [6.07, 6.45) is 4.90. The first kappa shape index (κ1) is 21.9. The van der Waals surface area contributed by atoms with Crippen LogP contribution in [0, 0.1) is 11.8 Å². The average molecular weight is 540 g/mol. The van der Waals surface area contributed by atoms with Crippen molar-refractivity contribution in [3.05, 3.63) is 77.5 Å². The number of imidazole rings is 1. The Morgan fingerprint density at radius 2 is 1.75 bits per heavy atom. The van der Waals surface area contributed by atoms with E-state index in [9.17, 15) is 4.79 Å². The van der Waals surface area contributed by atoms with Crippen LogP contribution in [-0.2, 0) is 11.3 Å². The number of amides is 1. The molecule has 36 heavy (non-hydrogen) atoms. The number of aromatic nitrogens is 2. The summed E-state index contributed by atoms with van der Waals surface area (Å²) < 4.78 is 8.88. The van der Waals surface area contributed by atoms with Crippen LogP contribution in [0.4, 0.5) is 0 Å². The number of hydrogen-bond acceptors (Lipinski definition) is 3. The minimum Gasteiger partial charge on any atom is -0.464 e. The summed E-state index contributed by atoms with van der Waals surface area (Å²) >= 11 is 3.65. The number of rotatable bonds is 5. The minimum absolute atomic E-state index is 0.289. The molecule has 1 aliphatic carbocycles. The Hall–Kier alpha value is -3.38. The van der Waals surface area contributed by atoms with Crippen molar-refractivity contribution in [3.63, 3.8) is 0 Å². The lowest BCUT2D eigenvalue weighted by molar-refractivity contribution is -0.131. The molecule has 3 aromatic carbocycles. The summed E-state index contributed by atoms with van der Waals surface area (Å²) in [6, 6.07) is 23.2. The highest BCUT2D eigenvalue weighted by Crippen LogP contribution is 2.35. The van der Waals surface area contributed by atoms with E-state index in [1.165, 1.54) is 5.56 Å². The quantitative estimate of drug-likeness (QED) is 0.238. The number of fused-ring (bicyclic) bond motifs is 2. The number of nitrogens with zero attached hydrogens (tertiary/aromatic N) is 3. The topological polar surface area (TPSA) is 51.3 Å². The van der Waals surface area contributed by atoms with Gasteiger partial charge in [0, 0.05) is 41.0 Å². The molecule has 2 fully saturated rings. The predicted octanol–water partition coefficient (Wildman–Crippen LogP) is 7.14. The first-order valence-electron chi connectivity index (χ1n) is 12.6. The van der Waals surface area contributed by atoms with Crippen molar-refractivity contribution in [3.8, 4) is 22.5 Å². The molecule has 5 aromatic rings. The number of hydrogen-bond donors (Lipinski definition) is 0. The van der Waals surface area contributed by atoms with Gasteiger partial charge in [0.25, 0.3) is 0 Å². The predicted molar refractivity (Wildman–Crippen MR) is 145 cm³/mol. The molecule has 0 unspecified atom stereocenters. The molecular formula is C30H26BrN3O2. The van der Waals surface area contributed by atoms with E-state index < -0.39 is 0 Å². The second-order valence-corrected chi connectivity index (χ2v) is 11.1. The maximum absolute atomic E-state index is 12.6. The Morgan fingerprint density at radius 1 is 0.944 bits per heavy atom. The van der Waals surface area contributed by atoms with Gasteiger partial charge < -0.3 is 13.9 Å². The van der Waals surface area contributed by atoms with E-state index >= 15 is 0 Å². The highest BCUT2D eigenvalue weighted by atomic mass is 79.9. The zero-order valence-electron chi connectivity index (χ0n) is 19.9. The summed E-state index contributed by atoms with van der Waals surface area (Å²) in [4.78, 5) is 19.7. The molecule has 5 nitrogen and oxygen atoms in total. The molecule has 7 rings (SSSR count). The Morgan fingerprint density at radius 3 is 2.58 bits per heavy atom. The fourth-order valence-electron chi connectivity index (χ4n) is 5.49. The molecule has 1 aliphatic heterocycles. The van der Waals surface area contributed by atoms with Crippen molar-refractivity contribution in [2.45, 2.75) is 25.8 Å². The number of carbonyl (C=O) groups excluding carboxylic acids is 1. The number of carbonyl (C=O) groups is 1. The molecular weight excluding hydrogens is 514 g/mol. The van der Waals surface area contributed by atoms with Gasteiger partial charge in [-0.25, -0.2) is 4.98 Å². The fraction of sp³-hybridized carbons (Fsp3) is 0.267. The third kappa shape index (κ3) is 3.94. The van der Waals surface area contributed by atoms with E-state index in [1.54, 1.807) is 6.26 Å². The van der Waals surface area contributed by atoms with Gasteiger partial charge in [-0.3, -0.25) is 4.79 Å². The van der Waals surface area contributed by atoms with E-state index in [0.29, 0.717) is 11.8 Å². The molecule has 0 radical (unpaired) electrons. The third-order valence-electron chi connectivity index (χ3n) is 7.60. The van der Waals surface area contributed by atoms with Crippen molar-refractivity contribution >= 4 is 43.8 Å². The smallest absolute Gasteiger partial charge is 0.225 e. The molecule has 1 amide bonds. The van der Waals surface area contributed by atoms with Gasteiger partial charge in [0.05, 0.1) is 17.3 Å². The molecule has 1 saturated heterocycles. The van der Waals surface area contributed by atoms with Gasteiger partial charge >= 0.3 is 0 Å². The Labute approximate surface area is 217 Å². The van der Waals surface area contributed by atoms with Gasteiger partial charge in [0.15, 0.2) is 0 Å². The minimum atomic E-state index is 0.289. The van der Waals surface area contributed by atoms with E-state index in [1.807, 2.05) is 18.2 Å². The summed E-state index contributed by atoms with van der Waals surface area (Å²) in [5, 5.41) is 1.11. The maximum Gasteiger partial charge on any atom is 0.225 e. The molecule has 2 aliphatic rings. The van der Waals surface area contributed by atoms with Crippen LogP contribution in [0.2, 0.25) is 0 Å². The third-order valence-corrected chi connectivity index (χ3v) is 8.10. The van der Waals surface area contributed by atoms with Crippen molar-refractivity contribution in [2.24, 2.45) is 11.8 Å². The van der Waals surface area contributed by atoms with Crippen molar-refractivity contribution in [2.75, 3.05) is 13.1 Å². The summed E-state index contributed by atoms with van der Waals surface area (Å²) in [6.45, 7) is 2.58. The van der Waals surface area contributed by atoms with Crippen LogP contribution in [0.5, 0.6) is 0 Å². The van der Waals surface area contributed by atoms with Crippen molar-refractivity contribution < 1.29 is 9.21 Å². The van der Waals surface area contributed by atoms with Crippen LogP contribution >= 0.6 is 15.9 Å². The standard InChI is InChI=1S/C30H26BrN3O2/c31-25-8-9-26-27(16-25)34(18-19-11-13-33(17-19)30(35)22-5-6-22)29(32-26)21-3-1-20(2-4-21)23-7-10-28-24(15-23)12-14-36-28/h1-4,7-10,12,14-16,19,22H,5-6,11,13,17-18H2/t19-/m0/s1. The Bertz CT molecular complexity index is 1600. The maximum atomic E-state index is 12.6. The lowest BCUT2D eigenvalue weighted by atomic mass is 10.0. The second-order valence-electron chi connectivity index (χ2n) is 10.1. The van der Waals surface area contributed by atoms with Crippen LogP contribution in [0.25, 0.3) is 44.5 Å². The molecule has 0 spiro atoms. The SMILES string of the molecule is O=C(C1CC1)N1CC[C@H](Cn2c(-c3ccc(-c4ccc5occc5c4)cc3)nc3ccc(Br)cc32)C1. The number of furan rings is 1. The van der Waals surface area contributed by atoms with E-state index in [0.717, 1.165) is 82.3 Å². The highest BCUT2D eigenvalue weighted by molar-refractivity contribution is 9.10. The van der Waals surface area contributed by atoms with Crippen molar-refractivity contribution in [1.29, 1.82) is 0 Å². The average Bonchev–Trinajstić information content (AvgIpc) is 3.30. The van der Waals surface area contributed by atoms with E-state index in [4.69, 9.17) is 9.40 Å². The zero-order chi connectivity index (χ0) is 24.2. The van der Waals surface area contributed by atoms with E-state index in [-0.39, 0.29) is 5.92 Å². The van der Waals surface area contributed by atoms with Gasteiger partial charge in [0.1, 0.15) is 11.4 Å². The summed E-state index contributed by atoms with van der Waals surface area (Å²) in [5.41, 5.74) is 6.45. The normalized spacial score (nSPS) is 17.9. The number of benzene rings is 3. The first-order chi connectivity index (χ1) is 17.6. The van der Waals surface area contributed by atoms with Crippen LogP contribution in [0.15, 0.2) is 81.9 Å². The van der Waals surface area contributed by atoms with Gasteiger partial charge in [0.2, 0.25) is 5.91 Å². The van der Waals surface area contributed by atoms with E-state index in [2.05, 4.69) is 73.9 Å². The summed E-state index contributed by atoms with van der Waals surface area (Å²) in [7, 11) is 0. The Balaban J connectivity index is 1.21.